The zero-order valence-corrected chi connectivity index (χ0v) is 8.74. The molecule has 4 nitrogen and oxygen atoms in total. The molecule has 4 heteroatoms. The summed E-state index contributed by atoms with van der Waals surface area (Å²) in [5.41, 5.74) is 0.620. The highest BCUT2D eigenvalue weighted by Gasteiger charge is 2.22. The number of carbonyl (C=O) groups is 1. The van der Waals surface area contributed by atoms with Gasteiger partial charge >= 0.3 is 0 Å². The number of methoxy groups -OCH3 is 1. The minimum absolute atomic E-state index is 0.0433. The number of ether oxygens (including phenoxy) is 2. The summed E-state index contributed by atoms with van der Waals surface area (Å²) >= 11 is 0. The highest BCUT2D eigenvalue weighted by molar-refractivity contribution is 5.96. The van der Waals surface area contributed by atoms with Gasteiger partial charge in [-0.15, -0.1) is 0 Å². The van der Waals surface area contributed by atoms with Gasteiger partial charge in [0.2, 0.25) is 5.91 Å². The normalized spacial score (nSPS) is 19.6. The van der Waals surface area contributed by atoms with Crippen LogP contribution in [0.2, 0.25) is 0 Å². The van der Waals surface area contributed by atoms with Gasteiger partial charge in [0.1, 0.15) is 17.2 Å². The molecule has 15 heavy (non-hydrogen) atoms. The molecule has 0 aliphatic carbocycles. The summed E-state index contributed by atoms with van der Waals surface area (Å²) in [5, 5.41) is 2.80. The van der Waals surface area contributed by atoms with Crippen molar-refractivity contribution in [2.75, 3.05) is 19.0 Å². The molecule has 0 saturated carbocycles. The lowest BCUT2D eigenvalue weighted by Crippen LogP contribution is -2.22. The number of nitrogens with one attached hydrogen (secondary N) is 1. The Labute approximate surface area is 88.2 Å². The first-order valence-electron chi connectivity index (χ1n) is 4.83. The van der Waals surface area contributed by atoms with Gasteiger partial charge in [-0.25, -0.2) is 0 Å². The average Bonchev–Trinajstić information content (AvgIpc) is 2.39. The van der Waals surface area contributed by atoms with Crippen LogP contribution in [0.1, 0.15) is 6.92 Å². The van der Waals surface area contributed by atoms with Gasteiger partial charge in [0.25, 0.3) is 0 Å². The highest BCUT2D eigenvalue weighted by atomic mass is 16.5. The topological polar surface area (TPSA) is 47.6 Å². The number of rotatable bonds is 1. The number of amides is 1. The number of fused-ring (bicyclic) bond motifs is 1. The van der Waals surface area contributed by atoms with Gasteiger partial charge in [-0.05, 0) is 12.1 Å². The van der Waals surface area contributed by atoms with Gasteiger partial charge < -0.3 is 14.8 Å². The van der Waals surface area contributed by atoms with Crippen LogP contribution in [0.5, 0.6) is 11.5 Å². The lowest BCUT2D eigenvalue weighted by molar-refractivity contribution is -0.119. The summed E-state index contributed by atoms with van der Waals surface area (Å²) in [6.45, 7) is 2.22. The maximum Gasteiger partial charge on any atom is 0.230 e. The number of benzene rings is 1. The van der Waals surface area contributed by atoms with E-state index >= 15 is 0 Å². The van der Waals surface area contributed by atoms with Crippen LogP contribution in [0.3, 0.4) is 0 Å². The predicted octanol–water partition coefficient (Wildman–Crippen LogP) is 1.66. The SMILES string of the molecule is COc1cccc2c1NC(=O)C(C)CO2. The third kappa shape index (κ3) is 1.75. The molecule has 1 aromatic carbocycles. The molecule has 1 aliphatic rings. The summed E-state index contributed by atoms with van der Waals surface area (Å²) in [7, 11) is 1.57. The van der Waals surface area contributed by atoms with Gasteiger partial charge in [0.05, 0.1) is 19.6 Å². The lowest BCUT2D eigenvalue weighted by Gasteiger charge is -2.10. The molecule has 0 radical (unpaired) electrons. The summed E-state index contributed by atoms with van der Waals surface area (Å²) in [5.74, 6) is 1.09. The van der Waals surface area contributed by atoms with Crippen molar-refractivity contribution in [2.24, 2.45) is 5.92 Å². The average molecular weight is 207 g/mol. The van der Waals surface area contributed by atoms with E-state index in [1.165, 1.54) is 0 Å². The molecule has 0 spiro atoms. The first-order chi connectivity index (χ1) is 7.22. The first kappa shape index (κ1) is 9.83. The second-order valence-corrected chi connectivity index (χ2v) is 3.53. The summed E-state index contributed by atoms with van der Waals surface area (Å²) in [6, 6.07) is 5.44. The van der Waals surface area contributed by atoms with Gasteiger partial charge in [-0.3, -0.25) is 4.79 Å². The second-order valence-electron chi connectivity index (χ2n) is 3.53. The Balaban J connectivity index is 2.43. The van der Waals surface area contributed by atoms with E-state index in [0.717, 1.165) is 0 Å². The predicted molar refractivity (Wildman–Crippen MR) is 56.3 cm³/mol. The number of hydrogen-bond acceptors (Lipinski definition) is 3. The molecule has 1 heterocycles. The first-order valence-corrected chi connectivity index (χ1v) is 4.83. The van der Waals surface area contributed by atoms with Crippen LogP contribution in [0, 0.1) is 5.92 Å². The van der Waals surface area contributed by atoms with Crippen LogP contribution in [0.4, 0.5) is 5.69 Å². The number of carbonyl (C=O) groups excluding carboxylic acids is 1. The van der Waals surface area contributed by atoms with E-state index in [9.17, 15) is 4.79 Å². The van der Waals surface area contributed by atoms with E-state index in [1.54, 1.807) is 13.2 Å². The molecule has 2 rings (SSSR count). The Kier molecular flexibility index (Phi) is 2.49. The van der Waals surface area contributed by atoms with Gasteiger partial charge in [-0.1, -0.05) is 13.0 Å². The van der Waals surface area contributed by atoms with Gasteiger partial charge in [0.15, 0.2) is 0 Å². The minimum atomic E-state index is -0.151. The highest BCUT2D eigenvalue weighted by Crippen LogP contribution is 2.36. The summed E-state index contributed by atoms with van der Waals surface area (Å²) < 4.78 is 10.7. The van der Waals surface area contributed by atoms with E-state index in [4.69, 9.17) is 9.47 Å². The van der Waals surface area contributed by atoms with Crippen molar-refractivity contribution in [3.8, 4) is 11.5 Å². The molecular weight excluding hydrogens is 194 g/mol. The Morgan fingerprint density at radius 2 is 2.33 bits per heavy atom. The maximum absolute atomic E-state index is 11.6. The Morgan fingerprint density at radius 3 is 3.07 bits per heavy atom. The van der Waals surface area contributed by atoms with Crippen LogP contribution < -0.4 is 14.8 Å². The van der Waals surface area contributed by atoms with Gasteiger partial charge in [-0.2, -0.15) is 0 Å². The number of para-hydroxylation sites is 1. The van der Waals surface area contributed by atoms with Crippen molar-refractivity contribution in [1.82, 2.24) is 0 Å². The van der Waals surface area contributed by atoms with Crippen molar-refractivity contribution < 1.29 is 14.3 Å². The zero-order chi connectivity index (χ0) is 10.8. The van der Waals surface area contributed by atoms with Crippen molar-refractivity contribution in [2.45, 2.75) is 6.92 Å². The molecule has 0 saturated heterocycles. The minimum Gasteiger partial charge on any atom is -0.494 e. The van der Waals surface area contributed by atoms with Crippen LogP contribution in [0.15, 0.2) is 18.2 Å². The Hall–Kier alpha value is -1.71. The van der Waals surface area contributed by atoms with Crippen LogP contribution in [-0.4, -0.2) is 19.6 Å². The molecule has 1 N–H and O–H groups in total. The molecule has 1 aromatic rings. The second kappa shape index (κ2) is 3.81. The molecule has 0 bridgehead atoms. The van der Waals surface area contributed by atoms with Gasteiger partial charge in [0, 0.05) is 0 Å². The summed E-state index contributed by atoms with van der Waals surface area (Å²) in [6.07, 6.45) is 0. The third-order valence-corrected chi connectivity index (χ3v) is 2.39. The van der Waals surface area contributed by atoms with E-state index in [2.05, 4.69) is 5.32 Å². The van der Waals surface area contributed by atoms with Crippen molar-refractivity contribution >= 4 is 11.6 Å². The molecule has 80 valence electrons. The number of anilines is 1. The summed E-state index contributed by atoms with van der Waals surface area (Å²) in [4.78, 5) is 11.6. The molecule has 1 amide bonds. The number of hydrogen-bond donors (Lipinski definition) is 1. The fourth-order valence-corrected chi connectivity index (χ4v) is 1.46. The van der Waals surface area contributed by atoms with Crippen LogP contribution in [0.25, 0.3) is 0 Å². The quantitative estimate of drug-likeness (QED) is 0.761. The van der Waals surface area contributed by atoms with E-state index in [1.807, 2.05) is 19.1 Å². The van der Waals surface area contributed by atoms with Crippen LogP contribution >= 0.6 is 0 Å². The molecule has 1 unspecified atom stereocenters. The smallest absolute Gasteiger partial charge is 0.230 e. The fraction of sp³-hybridized carbons (Fsp3) is 0.364. The molecule has 0 fully saturated rings. The lowest BCUT2D eigenvalue weighted by atomic mass is 10.2. The van der Waals surface area contributed by atoms with E-state index in [-0.39, 0.29) is 11.8 Å². The molecule has 1 atom stereocenters. The fourth-order valence-electron chi connectivity index (χ4n) is 1.46. The van der Waals surface area contributed by atoms with Crippen LogP contribution in [-0.2, 0) is 4.79 Å². The van der Waals surface area contributed by atoms with Crippen molar-refractivity contribution in [1.29, 1.82) is 0 Å². The molecule has 0 aromatic heterocycles. The zero-order valence-electron chi connectivity index (χ0n) is 8.74. The van der Waals surface area contributed by atoms with E-state index < -0.39 is 0 Å². The maximum atomic E-state index is 11.6. The molecular formula is C11H13NO3. The van der Waals surface area contributed by atoms with E-state index in [0.29, 0.717) is 23.8 Å². The molecule has 1 aliphatic heterocycles. The Bertz CT molecular complexity index is 389. The third-order valence-electron chi connectivity index (χ3n) is 2.39. The van der Waals surface area contributed by atoms with Crippen molar-refractivity contribution in [3.05, 3.63) is 18.2 Å². The standard InChI is InChI=1S/C11H13NO3/c1-7-6-15-9-5-3-4-8(14-2)10(9)12-11(7)13/h3-5,7H,6H2,1-2H3,(H,12,13). The monoisotopic (exact) mass is 207 g/mol. The Morgan fingerprint density at radius 1 is 1.53 bits per heavy atom. The van der Waals surface area contributed by atoms with Crippen molar-refractivity contribution in [3.63, 3.8) is 0 Å². The largest absolute Gasteiger partial charge is 0.494 e.